The Morgan fingerprint density at radius 2 is 1.64 bits per heavy atom. The molecular formula is C30H32F3IrN2O2Se-. The zero-order valence-corrected chi connectivity index (χ0v) is 26.4. The standard InChI is InChI=1S/C17H8F3N2Se.C13H24O2.Ir/c18-17(19,20)14-12-4-2-1-3-10(12)7-13-15(11-5-6-23-8-11)21-9-22-16(13)14;1-5-10(6-2)12(14)9-13(15)11(7-3)8-4;/h1-7,9H;9-11,14H,5-8H2,1-4H3;/q-1;;/b;12-9-;. The zero-order valence-electron chi connectivity index (χ0n) is 22.3. The van der Waals surface area contributed by atoms with Gasteiger partial charge in [0.15, 0.2) is 5.78 Å². The summed E-state index contributed by atoms with van der Waals surface area (Å²) < 4.78 is 41.0. The molecule has 0 saturated heterocycles. The molecule has 2 heterocycles. The fourth-order valence-corrected chi connectivity index (χ4v) is 5.69. The molecule has 0 aliphatic rings. The molecule has 9 heteroatoms. The molecule has 4 aromatic rings. The Labute approximate surface area is 246 Å². The SMILES string of the molecule is CCC(CC)C(=O)/C=C(\O)C(CC)CC.FC(F)(F)c1c2ccccc2cc2c(-c3[c-][se]cc3)ncnc12.[Ir]. The maximum Gasteiger partial charge on any atom is 0 e. The van der Waals surface area contributed by atoms with Gasteiger partial charge in [0.05, 0.1) is 5.76 Å². The molecule has 0 spiro atoms. The number of alkyl halides is 3. The molecule has 0 saturated carbocycles. The van der Waals surface area contributed by atoms with E-state index in [0.29, 0.717) is 16.5 Å². The van der Waals surface area contributed by atoms with Crippen LogP contribution in [0.3, 0.4) is 0 Å². The topological polar surface area (TPSA) is 63.1 Å². The summed E-state index contributed by atoms with van der Waals surface area (Å²) in [5, 5.41) is 10.8. The monoisotopic (exact) mass is 782 g/mol. The minimum atomic E-state index is -4.49. The number of carbonyl (C=O) groups excluding carboxylic acids is 1. The summed E-state index contributed by atoms with van der Waals surface area (Å²) in [5.41, 5.74) is 0.466. The van der Waals surface area contributed by atoms with E-state index >= 15 is 0 Å². The molecule has 0 fully saturated rings. The minimum Gasteiger partial charge on any atom is 0 e. The van der Waals surface area contributed by atoms with Gasteiger partial charge in [-0.25, -0.2) is 0 Å². The van der Waals surface area contributed by atoms with Crippen LogP contribution in [0.2, 0.25) is 0 Å². The molecule has 4 nitrogen and oxygen atoms in total. The van der Waals surface area contributed by atoms with Crippen molar-refractivity contribution >= 4 is 42.0 Å². The first-order valence-corrected chi connectivity index (χ1v) is 14.6. The first-order valence-electron chi connectivity index (χ1n) is 12.8. The van der Waals surface area contributed by atoms with Crippen molar-refractivity contribution in [2.24, 2.45) is 11.8 Å². The summed E-state index contributed by atoms with van der Waals surface area (Å²) in [6.45, 7) is 8.07. The van der Waals surface area contributed by atoms with Crippen molar-refractivity contribution in [3.05, 3.63) is 70.0 Å². The summed E-state index contributed by atoms with van der Waals surface area (Å²) in [5.74, 6) is 0.547. The molecule has 1 N–H and O–H groups in total. The van der Waals surface area contributed by atoms with Gasteiger partial charge in [0.25, 0.3) is 0 Å². The third-order valence-corrected chi connectivity index (χ3v) is 8.02. The van der Waals surface area contributed by atoms with E-state index in [4.69, 9.17) is 0 Å². The van der Waals surface area contributed by atoms with E-state index in [0.717, 1.165) is 31.2 Å². The van der Waals surface area contributed by atoms with Gasteiger partial charge in [0.2, 0.25) is 0 Å². The van der Waals surface area contributed by atoms with Crippen molar-refractivity contribution in [3.8, 4) is 11.3 Å². The third kappa shape index (κ3) is 7.88. The summed E-state index contributed by atoms with van der Waals surface area (Å²) in [7, 11) is 0. The normalized spacial score (nSPS) is 12.0. The maximum absolute atomic E-state index is 13.7. The van der Waals surface area contributed by atoms with Crippen LogP contribution in [-0.4, -0.2) is 35.4 Å². The molecule has 0 atom stereocenters. The van der Waals surface area contributed by atoms with Crippen molar-refractivity contribution in [2.75, 3.05) is 0 Å². The summed E-state index contributed by atoms with van der Waals surface area (Å²) in [6, 6.07) is 10.1. The Kier molecular flexibility index (Phi) is 12.6. The minimum absolute atomic E-state index is 0. The van der Waals surface area contributed by atoms with Gasteiger partial charge in [0, 0.05) is 38.0 Å². The first kappa shape index (κ1) is 32.9. The first-order chi connectivity index (χ1) is 18.2. The van der Waals surface area contributed by atoms with Crippen molar-refractivity contribution in [1.82, 2.24) is 9.97 Å². The van der Waals surface area contributed by atoms with Crippen molar-refractivity contribution in [3.63, 3.8) is 0 Å². The Hall–Kier alpha value is -2.31. The molecule has 4 rings (SSSR count). The maximum atomic E-state index is 13.7. The number of fused-ring (bicyclic) bond motifs is 2. The zero-order chi connectivity index (χ0) is 27.9. The van der Waals surface area contributed by atoms with E-state index in [1.807, 2.05) is 38.7 Å². The number of hydrogen-bond donors (Lipinski definition) is 1. The van der Waals surface area contributed by atoms with E-state index in [-0.39, 0.29) is 68.9 Å². The van der Waals surface area contributed by atoms with Gasteiger partial charge in [0.1, 0.15) is 0 Å². The molecule has 0 aliphatic heterocycles. The summed E-state index contributed by atoms with van der Waals surface area (Å²) in [6.07, 6.45) is 1.61. The fourth-order valence-electron chi connectivity index (χ4n) is 4.51. The quantitative estimate of drug-likeness (QED) is 0.0645. The van der Waals surface area contributed by atoms with Crippen LogP contribution < -0.4 is 0 Å². The average Bonchev–Trinajstić information content (AvgIpc) is 3.43. The Balaban J connectivity index is 0.000000294. The predicted molar refractivity (Wildman–Crippen MR) is 147 cm³/mol. The number of aliphatic hydroxyl groups excluding tert-OH is 1. The Morgan fingerprint density at radius 3 is 2.21 bits per heavy atom. The van der Waals surface area contributed by atoms with Crippen molar-refractivity contribution < 1.29 is 43.2 Å². The van der Waals surface area contributed by atoms with Crippen LogP contribution in [0.5, 0.6) is 0 Å². The van der Waals surface area contributed by atoms with Crippen molar-refractivity contribution in [1.29, 1.82) is 0 Å². The van der Waals surface area contributed by atoms with Crippen LogP contribution in [0.4, 0.5) is 13.2 Å². The van der Waals surface area contributed by atoms with Crippen LogP contribution >= 0.6 is 0 Å². The molecule has 0 unspecified atom stereocenters. The molecule has 211 valence electrons. The third-order valence-electron chi connectivity index (χ3n) is 6.74. The molecule has 0 bridgehead atoms. The number of allylic oxidation sites excluding steroid dienone is 2. The number of aromatic nitrogens is 2. The van der Waals surface area contributed by atoms with E-state index < -0.39 is 11.7 Å². The number of hydrogen-bond acceptors (Lipinski definition) is 4. The summed E-state index contributed by atoms with van der Waals surface area (Å²) >= 11 is 0.107. The molecular weight excluding hydrogens is 749 g/mol. The van der Waals surface area contributed by atoms with Gasteiger partial charge in [-0.15, -0.1) is 0 Å². The van der Waals surface area contributed by atoms with Gasteiger partial charge in [-0.2, -0.15) is 0 Å². The smallest absolute Gasteiger partial charge is 0 e. The van der Waals surface area contributed by atoms with E-state index in [9.17, 15) is 23.1 Å². The van der Waals surface area contributed by atoms with Crippen LogP contribution in [0.1, 0.15) is 58.9 Å². The molecule has 2 aromatic carbocycles. The van der Waals surface area contributed by atoms with Crippen LogP contribution in [0.25, 0.3) is 32.9 Å². The largest absolute Gasteiger partial charge is 0 e. The van der Waals surface area contributed by atoms with Crippen LogP contribution in [0, 0.1) is 16.8 Å². The van der Waals surface area contributed by atoms with Gasteiger partial charge in [-0.05, 0) is 25.7 Å². The van der Waals surface area contributed by atoms with Crippen LogP contribution in [-0.2, 0) is 31.1 Å². The number of rotatable bonds is 8. The second-order valence-electron chi connectivity index (χ2n) is 9.02. The van der Waals surface area contributed by atoms with Crippen LogP contribution in [0.15, 0.2) is 59.5 Å². The van der Waals surface area contributed by atoms with Gasteiger partial charge >= 0.3 is 135 Å². The van der Waals surface area contributed by atoms with E-state index in [1.165, 1.54) is 18.5 Å². The van der Waals surface area contributed by atoms with Crippen molar-refractivity contribution in [2.45, 2.75) is 59.6 Å². The summed E-state index contributed by atoms with van der Waals surface area (Å²) in [4.78, 5) is 25.0. The average molecular weight is 781 g/mol. The molecule has 0 amide bonds. The second kappa shape index (κ2) is 14.9. The van der Waals surface area contributed by atoms with E-state index in [2.05, 4.69) is 14.9 Å². The van der Waals surface area contributed by atoms with E-state index in [1.54, 1.807) is 24.3 Å². The molecule has 39 heavy (non-hydrogen) atoms. The molecule has 2 aromatic heterocycles. The number of ketones is 1. The number of halogens is 3. The van der Waals surface area contributed by atoms with Gasteiger partial charge in [-0.1, -0.05) is 27.7 Å². The number of carbonyl (C=O) groups is 1. The molecule has 1 radical (unpaired) electrons. The second-order valence-corrected chi connectivity index (χ2v) is 10.5. The number of aliphatic hydroxyl groups is 1. The predicted octanol–water partition coefficient (Wildman–Crippen LogP) is 8.19. The fraction of sp³-hybridized carbons (Fsp3) is 0.367. The Bertz CT molecular complexity index is 1400. The number of benzene rings is 2. The Morgan fingerprint density at radius 1 is 1.00 bits per heavy atom. The molecule has 0 aliphatic carbocycles. The number of nitrogens with zero attached hydrogens (tertiary/aromatic N) is 2. The van der Waals surface area contributed by atoms with Gasteiger partial charge < -0.3 is 5.11 Å². The van der Waals surface area contributed by atoms with Gasteiger partial charge in [-0.3, -0.25) is 4.79 Å².